The van der Waals surface area contributed by atoms with Crippen molar-refractivity contribution < 1.29 is 0 Å². The average Bonchev–Trinajstić information content (AvgIpc) is 2.32. The Hall–Kier alpha value is -0.980. The fourth-order valence-corrected chi connectivity index (χ4v) is 2.23. The summed E-state index contributed by atoms with van der Waals surface area (Å²) in [5.41, 5.74) is 7.53. The first kappa shape index (κ1) is 8.61. The van der Waals surface area contributed by atoms with Gasteiger partial charge in [0, 0.05) is 18.4 Å². The van der Waals surface area contributed by atoms with Crippen molar-refractivity contribution in [3.05, 3.63) is 34.2 Å². The van der Waals surface area contributed by atoms with Crippen LogP contribution in [0.2, 0.25) is 0 Å². The van der Waals surface area contributed by atoms with Gasteiger partial charge >= 0.3 is 0 Å². The van der Waals surface area contributed by atoms with Gasteiger partial charge in [0.25, 0.3) is 0 Å². The van der Waals surface area contributed by atoms with E-state index < -0.39 is 0 Å². The lowest BCUT2D eigenvalue weighted by molar-refractivity contribution is 0.835. The second kappa shape index (κ2) is 2.76. The van der Waals surface area contributed by atoms with E-state index in [4.69, 9.17) is 0 Å². The molecular formula is C12H17N. The van der Waals surface area contributed by atoms with E-state index in [9.17, 15) is 0 Å². The standard InChI is InChI=1S/C12H17N/c1-8-5-6-11-9(2)13(4)10(3)12(11)7-8/h5H,6-7H2,1-4H3. The minimum absolute atomic E-state index is 1.13. The Morgan fingerprint density at radius 2 is 1.69 bits per heavy atom. The van der Waals surface area contributed by atoms with Crippen LogP contribution < -0.4 is 0 Å². The number of allylic oxidation sites excluding steroid dienone is 2. The van der Waals surface area contributed by atoms with Gasteiger partial charge in [-0.05, 0) is 44.7 Å². The van der Waals surface area contributed by atoms with Gasteiger partial charge in [-0.25, -0.2) is 0 Å². The zero-order valence-electron chi connectivity index (χ0n) is 8.94. The van der Waals surface area contributed by atoms with E-state index in [-0.39, 0.29) is 0 Å². The zero-order chi connectivity index (χ0) is 9.59. The smallest absolute Gasteiger partial charge is 0.0181 e. The van der Waals surface area contributed by atoms with Gasteiger partial charge in [0.2, 0.25) is 0 Å². The molecule has 0 aliphatic heterocycles. The molecule has 1 aliphatic rings. The molecule has 0 saturated heterocycles. The lowest BCUT2D eigenvalue weighted by atomic mass is 9.93. The van der Waals surface area contributed by atoms with Crippen molar-refractivity contribution in [1.82, 2.24) is 4.57 Å². The van der Waals surface area contributed by atoms with E-state index in [0.29, 0.717) is 0 Å². The molecule has 1 heteroatoms. The quantitative estimate of drug-likeness (QED) is 0.534. The number of hydrogen-bond acceptors (Lipinski definition) is 0. The number of fused-ring (bicyclic) bond motifs is 1. The van der Waals surface area contributed by atoms with Crippen molar-refractivity contribution in [3.63, 3.8) is 0 Å². The molecule has 1 nitrogen and oxygen atoms in total. The highest BCUT2D eigenvalue weighted by atomic mass is 15.0. The molecule has 0 amide bonds. The molecule has 70 valence electrons. The average molecular weight is 175 g/mol. The van der Waals surface area contributed by atoms with Gasteiger partial charge in [-0.1, -0.05) is 11.6 Å². The van der Waals surface area contributed by atoms with Crippen molar-refractivity contribution in [2.45, 2.75) is 33.6 Å². The molecule has 0 spiro atoms. The number of aromatic nitrogens is 1. The molecule has 0 bridgehead atoms. The van der Waals surface area contributed by atoms with Crippen LogP contribution in [0, 0.1) is 13.8 Å². The molecule has 2 rings (SSSR count). The largest absolute Gasteiger partial charge is 0.352 e. The van der Waals surface area contributed by atoms with Crippen LogP contribution in [0.4, 0.5) is 0 Å². The van der Waals surface area contributed by atoms with Crippen LogP contribution in [0.25, 0.3) is 0 Å². The first-order valence-corrected chi connectivity index (χ1v) is 4.90. The van der Waals surface area contributed by atoms with E-state index >= 15 is 0 Å². The second-order valence-corrected chi connectivity index (χ2v) is 4.12. The molecule has 0 fully saturated rings. The Kier molecular flexibility index (Phi) is 1.83. The number of nitrogens with zero attached hydrogens (tertiary/aromatic N) is 1. The molecule has 0 unspecified atom stereocenters. The van der Waals surface area contributed by atoms with Crippen LogP contribution >= 0.6 is 0 Å². The van der Waals surface area contributed by atoms with Gasteiger partial charge in [-0.15, -0.1) is 0 Å². The van der Waals surface area contributed by atoms with Gasteiger partial charge < -0.3 is 4.57 Å². The van der Waals surface area contributed by atoms with Crippen LogP contribution in [0.3, 0.4) is 0 Å². The molecule has 1 aromatic rings. The monoisotopic (exact) mass is 175 g/mol. The Morgan fingerprint density at radius 3 is 2.38 bits per heavy atom. The lowest BCUT2D eigenvalue weighted by Crippen LogP contribution is -1.99. The zero-order valence-corrected chi connectivity index (χ0v) is 8.94. The summed E-state index contributed by atoms with van der Waals surface area (Å²) in [5.74, 6) is 0. The van der Waals surface area contributed by atoms with Gasteiger partial charge in [0.1, 0.15) is 0 Å². The predicted octanol–water partition coefficient (Wildman–Crippen LogP) is 2.69. The van der Waals surface area contributed by atoms with E-state index in [2.05, 4.69) is 38.5 Å². The summed E-state index contributed by atoms with van der Waals surface area (Å²) in [6.07, 6.45) is 4.65. The first-order chi connectivity index (χ1) is 6.11. The van der Waals surface area contributed by atoms with Crippen LogP contribution in [0.5, 0.6) is 0 Å². The lowest BCUT2D eigenvalue weighted by Gasteiger charge is -2.11. The Balaban J connectivity index is 2.58. The number of rotatable bonds is 0. The van der Waals surface area contributed by atoms with Gasteiger partial charge in [-0.3, -0.25) is 0 Å². The highest BCUT2D eigenvalue weighted by Gasteiger charge is 2.17. The summed E-state index contributed by atoms with van der Waals surface area (Å²) in [7, 11) is 2.16. The maximum absolute atomic E-state index is 2.36. The fourth-order valence-electron chi connectivity index (χ4n) is 2.23. The third-order valence-corrected chi connectivity index (χ3v) is 3.35. The van der Waals surface area contributed by atoms with Gasteiger partial charge in [-0.2, -0.15) is 0 Å². The molecule has 13 heavy (non-hydrogen) atoms. The van der Waals surface area contributed by atoms with E-state index in [1.165, 1.54) is 17.0 Å². The van der Waals surface area contributed by atoms with Crippen molar-refractivity contribution in [1.29, 1.82) is 0 Å². The predicted molar refractivity (Wildman–Crippen MR) is 56.1 cm³/mol. The minimum atomic E-state index is 1.13. The van der Waals surface area contributed by atoms with E-state index in [1.807, 2.05) is 0 Å². The molecule has 1 aromatic heterocycles. The minimum Gasteiger partial charge on any atom is -0.352 e. The van der Waals surface area contributed by atoms with Crippen molar-refractivity contribution in [2.24, 2.45) is 7.05 Å². The van der Waals surface area contributed by atoms with E-state index in [1.54, 1.807) is 11.1 Å². The Morgan fingerprint density at radius 1 is 1.08 bits per heavy atom. The van der Waals surface area contributed by atoms with Gasteiger partial charge in [0.05, 0.1) is 0 Å². The number of hydrogen-bond donors (Lipinski definition) is 0. The highest BCUT2D eigenvalue weighted by Crippen LogP contribution is 2.28. The molecule has 1 aliphatic carbocycles. The fraction of sp³-hybridized carbons (Fsp3) is 0.500. The van der Waals surface area contributed by atoms with Crippen LogP contribution in [0.15, 0.2) is 11.6 Å². The van der Waals surface area contributed by atoms with Crippen LogP contribution in [-0.2, 0) is 19.9 Å². The van der Waals surface area contributed by atoms with Crippen molar-refractivity contribution in [3.8, 4) is 0 Å². The second-order valence-electron chi connectivity index (χ2n) is 4.12. The van der Waals surface area contributed by atoms with Crippen LogP contribution in [0.1, 0.15) is 29.4 Å². The summed E-state index contributed by atoms with van der Waals surface area (Å²) < 4.78 is 2.32. The molecule has 0 aromatic carbocycles. The summed E-state index contributed by atoms with van der Waals surface area (Å²) in [5, 5.41) is 0. The molecule has 0 radical (unpaired) electrons. The molecule has 0 saturated carbocycles. The van der Waals surface area contributed by atoms with Crippen molar-refractivity contribution in [2.75, 3.05) is 0 Å². The highest BCUT2D eigenvalue weighted by molar-refractivity contribution is 5.44. The molecule has 0 N–H and O–H groups in total. The summed E-state index contributed by atoms with van der Waals surface area (Å²) >= 11 is 0. The summed E-state index contributed by atoms with van der Waals surface area (Å²) in [4.78, 5) is 0. The van der Waals surface area contributed by atoms with Crippen LogP contribution in [-0.4, -0.2) is 4.57 Å². The first-order valence-electron chi connectivity index (χ1n) is 4.90. The van der Waals surface area contributed by atoms with Crippen molar-refractivity contribution >= 4 is 0 Å². The van der Waals surface area contributed by atoms with Gasteiger partial charge in [0.15, 0.2) is 0 Å². The SMILES string of the molecule is CC1=CCc2c(c(C)n(C)c2C)C1. The third-order valence-electron chi connectivity index (χ3n) is 3.35. The third kappa shape index (κ3) is 1.14. The maximum Gasteiger partial charge on any atom is 0.0181 e. The molecule has 0 atom stereocenters. The topological polar surface area (TPSA) is 4.93 Å². The normalized spacial score (nSPS) is 15.5. The Bertz CT molecular complexity index is 380. The summed E-state index contributed by atoms with van der Waals surface area (Å²) in [6, 6.07) is 0. The van der Waals surface area contributed by atoms with E-state index in [0.717, 1.165) is 12.8 Å². The Labute approximate surface area is 80.1 Å². The summed E-state index contributed by atoms with van der Waals surface area (Å²) in [6.45, 7) is 6.68. The maximum atomic E-state index is 2.36. The molecular weight excluding hydrogens is 158 g/mol. The molecule has 1 heterocycles.